The molecule has 7 nitrogen and oxygen atoms in total. The number of nitro groups is 1. The van der Waals surface area contributed by atoms with Gasteiger partial charge in [-0.2, -0.15) is 0 Å². The van der Waals surface area contributed by atoms with Gasteiger partial charge in [-0.1, -0.05) is 6.07 Å². The van der Waals surface area contributed by atoms with E-state index in [1.807, 2.05) is 18.2 Å². The van der Waals surface area contributed by atoms with Gasteiger partial charge in [0, 0.05) is 22.2 Å². The molecule has 1 amide bonds. The summed E-state index contributed by atoms with van der Waals surface area (Å²) in [6.45, 7) is 2.69. The van der Waals surface area contributed by atoms with Crippen LogP contribution >= 0.6 is 11.8 Å². The van der Waals surface area contributed by atoms with Crippen molar-refractivity contribution >= 4 is 29.0 Å². The molecule has 0 atom stereocenters. The number of carbonyl (C=O) groups excluding carboxylic acids is 1. The van der Waals surface area contributed by atoms with Crippen LogP contribution in [0.2, 0.25) is 0 Å². The number of fused-ring (bicyclic) bond motifs is 1. The first kappa shape index (κ1) is 17.1. The third-order valence-electron chi connectivity index (χ3n) is 3.57. The predicted octanol–water partition coefficient (Wildman–Crippen LogP) is 3.41. The highest BCUT2D eigenvalue weighted by Gasteiger charge is 2.14. The van der Waals surface area contributed by atoms with Gasteiger partial charge in [0.25, 0.3) is 5.69 Å². The largest absolute Gasteiger partial charge is 0.486 e. The van der Waals surface area contributed by atoms with Crippen LogP contribution in [-0.4, -0.2) is 29.8 Å². The average molecular weight is 360 g/mol. The number of hydrogen-bond donors (Lipinski definition) is 1. The number of amides is 1. The lowest BCUT2D eigenvalue weighted by atomic mass is 10.2. The highest BCUT2D eigenvalue weighted by Crippen LogP contribution is 2.34. The molecule has 0 saturated carbocycles. The highest BCUT2D eigenvalue weighted by molar-refractivity contribution is 8.00. The molecule has 2 aromatic carbocycles. The maximum absolute atomic E-state index is 12.1. The van der Waals surface area contributed by atoms with Crippen molar-refractivity contribution in [2.24, 2.45) is 0 Å². The Labute approximate surface area is 148 Å². The molecule has 1 N–H and O–H groups in total. The Balaban J connectivity index is 1.60. The first-order chi connectivity index (χ1) is 12.0. The number of rotatable bonds is 5. The fourth-order valence-electron chi connectivity index (χ4n) is 2.34. The van der Waals surface area contributed by atoms with Crippen LogP contribution in [-0.2, 0) is 4.79 Å². The molecule has 0 saturated heterocycles. The second-order valence-electron chi connectivity index (χ2n) is 5.40. The zero-order chi connectivity index (χ0) is 17.8. The summed E-state index contributed by atoms with van der Waals surface area (Å²) in [6.07, 6.45) is 0. The number of benzene rings is 2. The van der Waals surface area contributed by atoms with Crippen LogP contribution in [0.1, 0.15) is 5.56 Å². The van der Waals surface area contributed by atoms with E-state index in [1.165, 1.54) is 17.8 Å². The van der Waals surface area contributed by atoms with E-state index in [0.717, 1.165) is 4.90 Å². The minimum atomic E-state index is -0.463. The molecule has 0 fully saturated rings. The topological polar surface area (TPSA) is 90.7 Å². The maximum atomic E-state index is 12.1. The van der Waals surface area contributed by atoms with Crippen LogP contribution in [0, 0.1) is 17.0 Å². The number of ether oxygens (including phenoxy) is 2. The summed E-state index contributed by atoms with van der Waals surface area (Å²) in [7, 11) is 0. The normalized spacial score (nSPS) is 12.5. The van der Waals surface area contributed by atoms with Crippen molar-refractivity contribution in [3.63, 3.8) is 0 Å². The quantitative estimate of drug-likeness (QED) is 0.499. The van der Waals surface area contributed by atoms with E-state index in [0.29, 0.717) is 36.0 Å². The molecule has 1 aliphatic rings. The number of aryl methyl sites for hydroxylation is 1. The van der Waals surface area contributed by atoms with Crippen molar-refractivity contribution in [2.75, 3.05) is 24.3 Å². The van der Waals surface area contributed by atoms with Crippen molar-refractivity contribution in [1.29, 1.82) is 0 Å². The van der Waals surface area contributed by atoms with Gasteiger partial charge in [0.05, 0.1) is 10.7 Å². The van der Waals surface area contributed by atoms with Gasteiger partial charge in [-0.25, -0.2) is 0 Å². The van der Waals surface area contributed by atoms with Gasteiger partial charge in [0.15, 0.2) is 11.5 Å². The van der Waals surface area contributed by atoms with Gasteiger partial charge >= 0.3 is 0 Å². The van der Waals surface area contributed by atoms with Gasteiger partial charge in [0.1, 0.15) is 13.2 Å². The molecule has 3 rings (SSSR count). The second kappa shape index (κ2) is 7.43. The van der Waals surface area contributed by atoms with E-state index in [1.54, 1.807) is 19.1 Å². The van der Waals surface area contributed by atoms with Crippen molar-refractivity contribution in [2.45, 2.75) is 11.8 Å². The Bertz CT molecular complexity index is 825. The second-order valence-corrected chi connectivity index (χ2v) is 6.45. The number of nitrogens with zero attached hydrogens (tertiary/aromatic N) is 1. The average Bonchev–Trinajstić information content (AvgIpc) is 2.61. The summed E-state index contributed by atoms with van der Waals surface area (Å²) >= 11 is 1.35. The van der Waals surface area contributed by atoms with Crippen molar-refractivity contribution < 1.29 is 19.2 Å². The number of nitro benzene ring substituents is 1. The predicted molar refractivity (Wildman–Crippen MR) is 94.6 cm³/mol. The molecule has 25 heavy (non-hydrogen) atoms. The lowest BCUT2D eigenvalue weighted by molar-refractivity contribution is -0.385. The molecule has 1 heterocycles. The number of carbonyl (C=O) groups is 1. The summed E-state index contributed by atoms with van der Waals surface area (Å²) in [4.78, 5) is 23.5. The third kappa shape index (κ3) is 4.21. The standard InChI is InChI=1S/C17H16N2O5S/c1-11-2-3-12(8-14(11)19(21)22)18-17(20)10-25-13-4-5-15-16(9-13)24-7-6-23-15/h2-5,8-9H,6-7,10H2,1H3,(H,18,20). The Morgan fingerprint density at radius 1 is 1.20 bits per heavy atom. The zero-order valence-corrected chi connectivity index (χ0v) is 14.3. The van der Waals surface area contributed by atoms with E-state index in [-0.39, 0.29) is 17.3 Å². The number of anilines is 1. The van der Waals surface area contributed by atoms with Crippen molar-refractivity contribution in [3.8, 4) is 11.5 Å². The number of hydrogen-bond acceptors (Lipinski definition) is 6. The molecule has 0 radical (unpaired) electrons. The Kier molecular flexibility index (Phi) is 5.08. The van der Waals surface area contributed by atoms with E-state index in [4.69, 9.17) is 9.47 Å². The van der Waals surface area contributed by atoms with E-state index < -0.39 is 4.92 Å². The maximum Gasteiger partial charge on any atom is 0.274 e. The van der Waals surface area contributed by atoms with Crippen LogP contribution < -0.4 is 14.8 Å². The molecule has 0 aliphatic carbocycles. The Morgan fingerprint density at radius 3 is 2.72 bits per heavy atom. The summed E-state index contributed by atoms with van der Waals surface area (Å²) in [5, 5.41) is 13.6. The van der Waals surface area contributed by atoms with Crippen molar-refractivity contribution in [3.05, 3.63) is 52.1 Å². The van der Waals surface area contributed by atoms with Gasteiger partial charge in [-0.3, -0.25) is 14.9 Å². The van der Waals surface area contributed by atoms with Gasteiger partial charge < -0.3 is 14.8 Å². The summed E-state index contributed by atoms with van der Waals surface area (Å²) in [5.74, 6) is 1.32. The SMILES string of the molecule is Cc1ccc(NC(=O)CSc2ccc3c(c2)OCCO3)cc1[N+](=O)[O-]. The molecule has 1 aliphatic heterocycles. The lowest BCUT2D eigenvalue weighted by Crippen LogP contribution is -2.15. The molecule has 0 spiro atoms. The molecular formula is C17H16N2O5S. The Hall–Kier alpha value is -2.74. The number of nitrogens with one attached hydrogen (secondary N) is 1. The first-order valence-corrected chi connectivity index (χ1v) is 8.59. The molecule has 0 aromatic heterocycles. The van der Waals surface area contributed by atoms with Crippen LogP contribution in [0.25, 0.3) is 0 Å². The van der Waals surface area contributed by atoms with Crippen LogP contribution in [0.4, 0.5) is 11.4 Å². The lowest BCUT2D eigenvalue weighted by Gasteiger charge is -2.18. The molecule has 0 bridgehead atoms. The summed E-state index contributed by atoms with van der Waals surface area (Å²) in [6, 6.07) is 10.1. The summed E-state index contributed by atoms with van der Waals surface area (Å²) in [5.41, 5.74) is 0.941. The summed E-state index contributed by atoms with van der Waals surface area (Å²) < 4.78 is 11.0. The fraction of sp³-hybridized carbons (Fsp3) is 0.235. The smallest absolute Gasteiger partial charge is 0.274 e. The number of thioether (sulfide) groups is 1. The van der Waals surface area contributed by atoms with Crippen molar-refractivity contribution in [1.82, 2.24) is 0 Å². The van der Waals surface area contributed by atoms with E-state index >= 15 is 0 Å². The fourth-order valence-corrected chi connectivity index (χ4v) is 3.07. The van der Waals surface area contributed by atoms with Gasteiger partial charge in [0.2, 0.25) is 5.91 Å². The van der Waals surface area contributed by atoms with Crippen LogP contribution in [0.3, 0.4) is 0 Å². The van der Waals surface area contributed by atoms with Crippen LogP contribution in [0.15, 0.2) is 41.3 Å². The highest BCUT2D eigenvalue weighted by atomic mass is 32.2. The third-order valence-corrected chi connectivity index (χ3v) is 4.57. The minimum absolute atomic E-state index is 0.0164. The minimum Gasteiger partial charge on any atom is -0.486 e. The van der Waals surface area contributed by atoms with E-state index in [2.05, 4.69) is 5.32 Å². The Morgan fingerprint density at radius 2 is 1.96 bits per heavy atom. The monoisotopic (exact) mass is 360 g/mol. The van der Waals surface area contributed by atoms with E-state index in [9.17, 15) is 14.9 Å². The first-order valence-electron chi connectivity index (χ1n) is 7.60. The van der Waals surface area contributed by atoms with Crippen LogP contribution in [0.5, 0.6) is 11.5 Å². The zero-order valence-electron chi connectivity index (χ0n) is 13.5. The molecule has 0 unspecified atom stereocenters. The molecule has 130 valence electrons. The van der Waals surface area contributed by atoms with Gasteiger partial charge in [-0.15, -0.1) is 11.8 Å². The molecule has 8 heteroatoms. The molecule has 2 aromatic rings. The molecular weight excluding hydrogens is 344 g/mol. The van der Waals surface area contributed by atoms with Gasteiger partial charge in [-0.05, 0) is 31.2 Å².